The van der Waals surface area contributed by atoms with Crippen molar-refractivity contribution in [3.8, 4) is 11.9 Å². The summed E-state index contributed by atoms with van der Waals surface area (Å²) in [6, 6.07) is 2.43. The number of amides is 2. The third-order valence-electron chi connectivity index (χ3n) is 3.48. The Balaban J connectivity index is 2.17. The summed E-state index contributed by atoms with van der Waals surface area (Å²) in [6.45, 7) is 0. The number of aromatic nitrogens is 3. The lowest BCUT2D eigenvalue weighted by Gasteiger charge is -2.17. The molecule has 1 saturated heterocycles. The number of hydrogen-bond acceptors (Lipinski definition) is 5. The first-order valence-electron chi connectivity index (χ1n) is 6.81. The lowest BCUT2D eigenvalue weighted by molar-refractivity contribution is -0.137. The van der Waals surface area contributed by atoms with Gasteiger partial charge in [-0.15, -0.1) is 0 Å². The Hall–Kier alpha value is -2.93. The fourth-order valence-electron chi connectivity index (χ4n) is 2.35. The van der Waals surface area contributed by atoms with Crippen molar-refractivity contribution in [2.75, 3.05) is 4.90 Å². The molecule has 11 heteroatoms. The van der Waals surface area contributed by atoms with E-state index in [-0.39, 0.29) is 30.0 Å². The molecule has 2 aromatic rings. The molecule has 0 atom stereocenters. The smallest absolute Gasteiger partial charge is 0.274 e. The van der Waals surface area contributed by atoms with Gasteiger partial charge in [0.15, 0.2) is 11.6 Å². The Morgan fingerprint density at radius 3 is 2.36 bits per heavy atom. The highest BCUT2D eigenvalue weighted by Gasteiger charge is 2.36. The minimum absolute atomic E-state index is 0.0386. The molecule has 3 heterocycles. The molecule has 0 unspecified atom stereocenters. The predicted molar refractivity (Wildman–Crippen MR) is 77.8 cm³/mol. The molecule has 0 radical (unpaired) electrons. The number of pyridine rings is 1. The minimum atomic E-state index is -4.64. The van der Waals surface area contributed by atoms with Gasteiger partial charge in [-0.1, -0.05) is 11.6 Å². The molecule has 128 valence electrons. The van der Waals surface area contributed by atoms with Crippen molar-refractivity contribution in [2.45, 2.75) is 19.0 Å². The SMILES string of the molecule is N#Cc1cnn(-c2ncc(C(F)(F)F)cc2Cl)c1N1C(=O)CCC1=O. The molecule has 2 aromatic heterocycles. The highest BCUT2D eigenvalue weighted by atomic mass is 35.5. The second kappa shape index (κ2) is 5.86. The van der Waals surface area contributed by atoms with Crippen LogP contribution in [0.5, 0.6) is 0 Å². The van der Waals surface area contributed by atoms with Crippen LogP contribution in [0.2, 0.25) is 5.02 Å². The van der Waals surface area contributed by atoms with Crippen molar-refractivity contribution in [3.63, 3.8) is 0 Å². The maximum absolute atomic E-state index is 12.7. The Kier molecular flexibility index (Phi) is 3.96. The molecule has 7 nitrogen and oxygen atoms in total. The van der Waals surface area contributed by atoms with E-state index < -0.39 is 28.6 Å². The quantitative estimate of drug-likeness (QED) is 0.758. The molecule has 0 saturated carbocycles. The van der Waals surface area contributed by atoms with Crippen molar-refractivity contribution in [1.29, 1.82) is 5.26 Å². The van der Waals surface area contributed by atoms with Crippen molar-refractivity contribution < 1.29 is 22.8 Å². The Morgan fingerprint density at radius 1 is 1.20 bits per heavy atom. The number of nitrogens with zero attached hydrogens (tertiary/aromatic N) is 5. The Morgan fingerprint density at radius 2 is 1.84 bits per heavy atom. The van der Waals surface area contributed by atoms with E-state index in [9.17, 15) is 28.0 Å². The van der Waals surface area contributed by atoms with E-state index in [4.69, 9.17) is 11.6 Å². The summed E-state index contributed by atoms with van der Waals surface area (Å²) < 4.78 is 39.1. The standard InChI is InChI=1S/C14H7ClF3N5O2/c15-9-3-8(14(16,17)18)6-20-12(9)23-13(7(4-19)5-21-23)22-10(24)1-2-11(22)25/h3,5-6H,1-2H2. The molecule has 0 spiro atoms. The monoisotopic (exact) mass is 369 g/mol. The number of anilines is 1. The van der Waals surface area contributed by atoms with Crippen LogP contribution in [0.15, 0.2) is 18.5 Å². The average Bonchev–Trinajstić information content (AvgIpc) is 3.09. The summed E-state index contributed by atoms with van der Waals surface area (Å²) in [7, 11) is 0. The minimum Gasteiger partial charge on any atom is -0.274 e. The van der Waals surface area contributed by atoms with Crippen molar-refractivity contribution in [2.24, 2.45) is 0 Å². The molecule has 25 heavy (non-hydrogen) atoms. The van der Waals surface area contributed by atoms with Crippen molar-refractivity contribution >= 4 is 29.2 Å². The van der Waals surface area contributed by atoms with Gasteiger partial charge in [-0.25, -0.2) is 9.88 Å². The molecular formula is C14H7ClF3N5O2. The Labute approximate surface area is 143 Å². The van der Waals surface area contributed by atoms with Crippen LogP contribution < -0.4 is 4.90 Å². The van der Waals surface area contributed by atoms with Crippen molar-refractivity contribution in [1.82, 2.24) is 14.8 Å². The number of carbonyl (C=O) groups is 2. The average molecular weight is 370 g/mol. The summed E-state index contributed by atoms with van der Waals surface area (Å²) in [5.74, 6) is -1.53. The topological polar surface area (TPSA) is 91.9 Å². The van der Waals surface area contributed by atoms with E-state index in [1.807, 2.05) is 0 Å². The summed E-state index contributed by atoms with van der Waals surface area (Å²) in [4.78, 5) is 28.3. The molecule has 2 amide bonds. The van der Waals surface area contributed by atoms with E-state index in [1.54, 1.807) is 6.07 Å². The van der Waals surface area contributed by atoms with E-state index in [2.05, 4.69) is 10.1 Å². The number of alkyl halides is 3. The summed E-state index contributed by atoms with van der Waals surface area (Å²) in [5.41, 5.74) is -1.18. The van der Waals surface area contributed by atoms with Gasteiger partial charge in [0, 0.05) is 19.0 Å². The lowest BCUT2D eigenvalue weighted by Crippen LogP contribution is -2.31. The third kappa shape index (κ3) is 2.83. The number of carbonyl (C=O) groups excluding carboxylic acids is 2. The van der Waals surface area contributed by atoms with Crippen LogP contribution in [0.4, 0.5) is 19.0 Å². The summed E-state index contributed by atoms with van der Waals surface area (Å²) >= 11 is 5.88. The second-order valence-electron chi connectivity index (χ2n) is 5.06. The van der Waals surface area contributed by atoms with Gasteiger partial charge in [0.2, 0.25) is 11.8 Å². The first kappa shape index (κ1) is 16.9. The van der Waals surface area contributed by atoms with E-state index >= 15 is 0 Å². The fraction of sp³-hybridized carbons (Fsp3) is 0.214. The Bertz CT molecular complexity index is 916. The van der Waals surface area contributed by atoms with Gasteiger partial charge in [-0.05, 0) is 6.07 Å². The molecule has 1 aliphatic rings. The summed E-state index contributed by atoms with van der Waals surface area (Å²) in [5, 5.41) is 12.6. The van der Waals surface area contributed by atoms with Crippen molar-refractivity contribution in [3.05, 3.63) is 34.6 Å². The number of nitriles is 1. The zero-order valence-corrected chi connectivity index (χ0v) is 13.0. The van der Waals surface area contributed by atoms with Crippen LogP contribution in [0.25, 0.3) is 5.82 Å². The zero-order valence-electron chi connectivity index (χ0n) is 12.2. The number of imide groups is 1. The molecule has 1 aliphatic heterocycles. The van der Waals surface area contributed by atoms with Gasteiger partial charge in [0.1, 0.15) is 11.6 Å². The molecule has 0 aromatic carbocycles. The predicted octanol–water partition coefficient (Wildman–Crippen LogP) is 2.46. The van der Waals surface area contributed by atoms with E-state index in [0.717, 1.165) is 15.8 Å². The normalized spacial score (nSPS) is 14.9. The molecular weight excluding hydrogens is 363 g/mol. The lowest BCUT2D eigenvalue weighted by atomic mass is 10.2. The second-order valence-corrected chi connectivity index (χ2v) is 5.46. The largest absolute Gasteiger partial charge is 0.417 e. The van der Waals surface area contributed by atoms with Crippen LogP contribution in [0, 0.1) is 11.3 Å². The summed E-state index contributed by atoms with van der Waals surface area (Å²) in [6.07, 6.45) is -3.09. The van der Waals surface area contributed by atoms with Gasteiger partial charge in [-0.2, -0.15) is 28.2 Å². The van der Waals surface area contributed by atoms with Crippen LogP contribution in [-0.4, -0.2) is 26.6 Å². The highest BCUT2D eigenvalue weighted by Crippen LogP contribution is 2.34. The van der Waals surface area contributed by atoms with E-state index in [1.165, 1.54) is 0 Å². The van der Waals surface area contributed by atoms with E-state index in [0.29, 0.717) is 12.3 Å². The first-order chi connectivity index (χ1) is 11.7. The molecule has 3 rings (SSSR count). The molecule has 0 aliphatic carbocycles. The number of hydrogen-bond donors (Lipinski definition) is 0. The van der Waals surface area contributed by atoms with Gasteiger partial charge < -0.3 is 0 Å². The molecule has 1 fully saturated rings. The van der Waals surface area contributed by atoms with Crippen LogP contribution in [0.1, 0.15) is 24.0 Å². The maximum Gasteiger partial charge on any atom is 0.417 e. The van der Waals surface area contributed by atoms with Gasteiger partial charge >= 0.3 is 6.18 Å². The highest BCUT2D eigenvalue weighted by molar-refractivity contribution is 6.32. The van der Waals surface area contributed by atoms with Crippen LogP contribution in [0.3, 0.4) is 0 Å². The third-order valence-corrected chi connectivity index (χ3v) is 3.76. The van der Waals surface area contributed by atoms with Gasteiger partial charge in [0.05, 0.1) is 16.8 Å². The maximum atomic E-state index is 12.7. The number of halogens is 4. The fourth-order valence-corrected chi connectivity index (χ4v) is 2.59. The number of rotatable bonds is 2. The van der Waals surface area contributed by atoms with Gasteiger partial charge in [-0.3, -0.25) is 9.59 Å². The zero-order chi connectivity index (χ0) is 18.4. The van der Waals surface area contributed by atoms with Crippen LogP contribution in [-0.2, 0) is 15.8 Å². The molecule has 0 N–H and O–H groups in total. The molecule has 0 bridgehead atoms. The van der Waals surface area contributed by atoms with Gasteiger partial charge in [0.25, 0.3) is 0 Å². The first-order valence-corrected chi connectivity index (χ1v) is 7.19. The van der Waals surface area contributed by atoms with Crippen LogP contribution >= 0.6 is 11.6 Å².